The molecule has 0 radical (unpaired) electrons. The van der Waals surface area contributed by atoms with Gasteiger partial charge in [0.2, 0.25) is 5.91 Å². The Morgan fingerprint density at radius 1 is 1.10 bits per heavy atom. The van der Waals surface area contributed by atoms with Crippen molar-refractivity contribution in [2.24, 2.45) is 5.92 Å². The van der Waals surface area contributed by atoms with Gasteiger partial charge in [-0.2, -0.15) is 0 Å². The zero-order chi connectivity index (χ0) is 20.2. The molecule has 29 heavy (non-hydrogen) atoms. The van der Waals surface area contributed by atoms with Gasteiger partial charge in [-0.3, -0.25) is 9.78 Å². The van der Waals surface area contributed by atoms with Crippen LogP contribution in [0.15, 0.2) is 55.1 Å². The van der Waals surface area contributed by atoms with E-state index in [9.17, 15) is 13.6 Å². The van der Waals surface area contributed by atoms with Crippen LogP contribution in [0.5, 0.6) is 0 Å². The molecule has 0 unspecified atom stereocenters. The molecule has 1 aromatic carbocycles. The zero-order valence-electron chi connectivity index (χ0n) is 16.0. The van der Waals surface area contributed by atoms with E-state index in [1.807, 2.05) is 21.6 Å². The van der Waals surface area contributed by atoms with Crippen LogP contribution in [0.1, 0.15) is 36.2 Å². The summed E-state index contributed by atoms with van der Waals surface area (Å²) in [5.41, 5.74) is 1.59. The third kappa shape index (κ3) is 4.50. The van der Waals surface area contributed by atoms with Crippen molar-refractivity contribution in [3.8, 4) is 0 Å². The number of aromatic nitrogens is 3. The van der Waals surface area contributed by atoms with Crippen molar-refractivity contribution in [1.82, 2.24) is 19.4 Å². The van der Waals surface area contributed by atoms with Crippen molar-refractivity contribution in [3.63, 3.8) is 0 Å². The van der Waals surface area contributed by atoms with E-state index in [1.165, 1.54) is 6.07 Å². The third-order valence-electron chi connectivity index (χ3n) is 5.33. The molecule has 1 aliphatic carbocycles. The first kappa shape index (κ1) is 19.2. The molecule has 0 atom stereocenters. The molecule has 3 aromatic rings. The molecule has 1 saturated carbocycles. The normalized spacial score (nSPS) is 13.9. The predicted molar refractivity (Wildman–Crippen MR) is 104 cm³/mol. The number of carbonyl (C=O) groups excluding carboxylic acids is 1. The van der Waals surface area contributed by atoms with E-state index in [-0.39, 0.29) is 11.8 Å². The van der Waals surface area contributed by atoms with Crippen LogP contribution in [0.2, 0.25) is 0 Å². The summed E-state index contributed by atoms with van der Waals surface area (Å²) >= 11 is 0. The molecule has 0 saturated heterocycles. The zero-order valence-corrected chi connectivity index (χ0v) is 16.0. The van der Waals surface area contributed by atoms with Gasteiger partial charge in [0.05, 0.1) is 6.54 Å². The molecule has 1 fully saturated rings. The van der Waals surface area contributed by atoms with Crippen molar-refractivity contribution < 1.29 is 13.6 Å². The van der Waals surface area contributed by atoms with Crippen LogP contribution in [0.4, 0.5) is 8.78 Å². The van der Waals surface area contributed by atoms with E-state index in [0.29, 0.717) is 31.0 Å². The molecule has 0 N–H and O–H groups in total. The lowest BCUT2D eigenvalue weighted by molar-refractivity contribution is -0.139. The first-order chi connectivity index (χ1) is 14.1. The van der Waals surface area contributed by atoms with E-state index in [2.05, 4.69) is 9.97 Å². The van der Waals surface area contributed by atoms with Crippen LogP contribution in [0.25, 0.3) is 0 Å². The van der Waals surface area contributed by atoms with Crippen molar-refractivity contribution in [3.05, 3.63) is 83.7 Å². The molecule has 5 nitrogen and oxygen atoms in total. The fraction of sp³-hybridized carbons (Fsp3) is 0.318. The molecule has 0 bridgehead atoms. The Hall–Kier alpha value is -3.09. The molecule has 0 spiro atoms. The molecular formula is C22H22F2N4O. The van der Waals surface area contributed by atoms with E-state index in [1.54, 1.807) is 30.9 Å². The summed E-state index contributed by atoms with van der Waals surface area (Å²) in [6.45, 7) is 1.16. The van der Waals surface area contributed by atoms with Gasteiger partial charge in [0.1, 0.15) is 5.82 Å². The van der Waals surface area contributed by atoms with E-state index < -0.39 is 11.6 Å². The number of benzene rings is 1. The second-order valence-corrected chi connectivity index (χ2v) is 7.40. The monoisotopic (exact) mass is 396 g/mol. The summed E-state index contributed by atoms with van der Waals surface area (Å²) in [7, 11) is 0. The molecule has 7 heteroatoms. The minimum atomic E-state index is -0.873. The number of hydrogen-bond acceptors (Lipinski definition) is 3. The summed E-state index contributed by atoms with van der Waals surface area (Å²) < 4.78 is 28.6. The summed E-state index contributed by atoms with van der Waals surface area (Å²) in [5.74, 6) is -0.842. The fourth-order valence-corrected chi connectivity index (χ4v) is 3.48. The number of rotatable bonds is 7. The van der Waals surface area contributed by atoms with Gasteiger partial charge in [-0.05, 0) is 42.2 Å². The predicted octanol–water partition coefficient (Wildman–Crippen LogP) is 3.93. The Kier molecular flexibility index (Phi) is 5.64. The van der Waals surface area contributed by atoms with Crippen LogP contribution >= 0.6 is 0 Å². The minimum absolute atomic E-state index is 0.0706. The number of carbonyl (C=O) groups is 1. The van der Waals surface area contributed by atoms with Gasteiger partial charge in [-0.1, -0.05) is 18.6 Å². The Balaban J connectivity index is 1.53. The van der Waals surface area contributed by atoms with E-state index in [4.69, 9.17) is 0 Å². The Labute approximate surface area is 168 Å². The number of imidazole rings is 1. The minimum Gasteiger partial charge on any atom is -0.331 e. The van der Waals surface area contributed by atoms with Gasteiger partial charge >= 0.3 is 0 Å². The largest absolute Gasteiger partial charge is 0.331 e. The Bertz CT molecular complexity index is 985. The first-order valence-corrected chi connectivity index (χ1v) is 9.72. The Morgan fingerprint density at radius 2 is 1.97 bits per heavy atom. The Morgan fingerprint density at radius 3 is 2.66 bits per heavy atom. The van der Waals surface area contributed by atoms with E-state index >= 15 is 0 Å². The topological polar surface area (TPSA) is 51.0 Å². The highest BCUT2D eigenvalue weighted by molar-refractivity contribution is 5.79. The summed E-state index contributed by atoms with van der Waals surface area (Å²) in [6, 6.07) is 7.66. The highest BCUT2D eigenvalue weighted by Gasteiger charge is 2.30. The summed E-state index contributed by atoms with van der Waals surface area (Å²) in [6.07, 6.45) is 9.84. The van der Waals surface area contributed by atoms with Crippen molar-refractivity contribution in [2.75, 3.05) is 0 Å². The van der Waals surface area contributed by atoms with Crippen LogP contribution in [-0.2, 0) is 24.4 Å². The van der Waals surface area contributed by atoms with Crippen LogP contribution in [0, 0.1) is 17.6 Å². The van der Waals surface area contributed by atoms with Gasteiger partial charge in [0.25, 0.3) is 0 Å². The van der Waals surface area contributed by atoms with Gasteiger partial charge in [-0.25, -0.2) is 13.8 Å². The lowest BCUT2D eigenvalue weighted by Gasteiger charge is -2.31. The lowest BCUT2D eigenvalue weighted by Crippen LogP contribution is -2.38. The van der Waals surface area contributed by atoms with Crippen LogP contribution in [0.3, 0.4) is 0 Å². The average molecular weight is 396 g/mol. The second kappa shape index (κ2) is 8.51. The molecule has 0 aliphatic heterocycles. The molecule has 2 aromatic heterocycles. The van der Waals surface area contributed by atoms with Crippen molar-refractivity contribution in [1.29, 1.82) is 0 Å². The fourth-order valence-electron chi connectivity index (χ4n) is 3.48. The van der Waals surface area contributed by atoms with E-state index in [0.717, 1.165) is 30.9 Å². The van der Waals surface area contributed by atoms with Gasteiger partial charge in [-0.15, -0.1) is 0 Å². The molecule has 150 valence electrons. The van der Waals surface area contributed by atoms with Crippen LogP contribution in [-0.4, -0.2) is 25.3 Å². The average Bonchev–Trinajstić information content (AvgIpc) is 3.10. The van der Waals surface area contributed by atoms with Crippen molar-refractivity contribution >= 4 is 5.91 Å². The number of amides is 1. The summed E-state index contributed by atoms with van der Waals surface area (Å²) in [5, 5.41) is 0. The SMILES string of the molecule is O=C(C1CCC1)N(Cc1cccnc1)Cc1nccn1Cc1ccc(F)c(F)c1. The number of halogens is 2. The first-order valence-electron chi connectivity index (χ1n) is 9.72. The van der Waals surface area contributed by atoms with Gasteiger partial charge in [0, 0.05) is 43.8 Å². The standard InChI is InChI=1S/C22H22F2N4O/c23-19-7-6-16(11-20(19)24)13-27-10-9-26-21(27)15-28(22(29)18-4-1-5-18)14-17-3-2-8-25-12-17/h2-3,6-12,18H,1,4-5,13-15H2. The van der Waals surface area contributed by atoms with Gasteiger partial charge in [0.15, 0.2) is 11.6 Å². The molecule has 2 heterocycles. The third-order valence-corrected chi connectivity index (χ3v) is 5.33. The highest BCUT2D eigenvalue weighted by atomic mass is 19.2. The highest BCUT2D eigenvalue weighted by Crippen LogP contribution is 2.29. The second-order valence-electron chi connectivity index (χ2n) is 7.40. The quantitative estimate of drug-likeness (QED) is 0.608. The maximum Gasteiger partial charge on any atom is 0.226 e. The number of nitrogens with zero attached hydrogens (tertiary/aromatic N) is 4. The molecule has 1 aliphatic rings. The number of hydrogen-bond donors (Lipinski definition) is 0. The lowest BCUT2D eigenvalue weighted by atomic mass is 9.84. The smallest absolute Gasteiger partial charge is 0.226 e. The molecular weight excluding hydrogens is 374 g/mol. The number of pyridine rings is 1. The van der Waals surface area contributed by atoms with Crippen molar-refractivity contribution in [2.45, 2.75) is 38.9 Å². The van der Waals surface area contributed by atoms with Crippen LogP contribution < -0.4 is 0 Å². The molecule has 1 amide bonds. The summed E-state index contributed by atoms with van der Waals surface area (Å²) in [4.78, 5) is 23.3. The maximum absolute atomic E-state index is 13.5. The molecule has 4 rings (SSSR count). The van der Waals surface area contributed by atoms with Gasteiger partial charge < -0.3 is 9.47 Å². The maximum atomic E-state index is 13.5.